The molecule has 0 spiro atoms. The van der Waals surface area contributed by atoms with E-state index < -0.39 is 11.6 Å². The third-order valence-electron chi connectivity index (χ3n) is 6.58. The predicted octanol–water partition coefficient (Wildman–Crippen LogP) is 5.78. The van der Waals surface area contributed by atoms with E-state index in [0.717, 1.165) is 29.3 Å². The van der Waals surface area contributed by atoms with Crippen LogP contribution in [0.5, 0.6) is 0 Å². The van der Waals surface area contributed by atoms with E-state index in [-0.39, 0.29) is 18.3 Å². The molecular weight excluding hydrogens is 446 g/mol. The second-order valence-electron chi connectivity index (χ2n) is 10.3. The molecule has 1 aromatic carbocycles. The molecule has 0 aromatic heterocycles. The smallest absolute Gasteiger partial charge is 0.338 e. The van der Waals surface area contributed by atoms with Crippen LogP contribution in [0.25, 0.3) is 0 Å². The summed E-state index contributed by atoms with van der Waals surface area (Å²) in [7, 11) is 1.93. The van der Waals surface area contributed by atoms with E-state index in [9.17, 15) is 9.59 Å². The molecular formula is C27H35N3O3S. The Bertz CT molecular complexity index is 1030. The van der Waals surface area contributed by atoms with E-state index in [2.05, 4.69) is 4.90 Å². The lowest BCUT2D eigenvalue weighted by molar-refractivity contribution is -0.150. The van der Waals surface area contributed by atoms with Crippen molar-refractivity contribution in [3.8, 4) is 0 Å². The van der Waals surface area contributed by atoms with Crippen molar-refractivity contribution >= 4 is 28.8 Å². The zero-order valence-electron chi connectivity index (χ0n) is 20.8. The first-order valence-electron chi connectivity index (χ1n) is 12.1. The normalized spacial score (nSPS) is 21.1. The monoisotopic (exact) mass is 481 g/mol. The Balaban J connectivity index is 1.64. The molecule has 1 amide bonds. The molecule has 0 N–H and O–H groups in total. The topological polar surface area (TPSA) is 62.2 Å². The van der Waals surface area contributed by atoms with Gasteiger partial charge in [-0.15, -0.1) is 0 Å². The fourth-order valence-corrected chi connectivity index (χ4v) is 5.83. The summed E-state index contributed by atoms with van der Waals surface area (Å²) in [5, 5.41) is 2.80. The molecule has 1 unspecified atom stereocenters. The fraction of sp³-hybridized carbons (Fsp3) is 0.519. The molecule has 0 radical (unpaired) electrons. The minimum atomic E-state index is -0.618. The van der Waals surface area contributed by atoms with Crippen molar-refractivity contribution < 1.29 is 14.3 Å². The van der Waals surface area contributed by atoms with Crippen LogP contribution < -0.4 is 0 Å². The number of carbonyl (C=O) groups excluding carboxylic acids is 2. The molecule has 182 valence electrons. The van der Waals surface area contributed by atoms with Gasteiger partial charge in [0.2, 0.25) is 5.91 Å². The third kappa shape index (κ3) is 5.24. The van der Waals surface area contributed by atoms with E-state index in [4.69, 9.17) is 9.73 Å². The summed E-state index contributed by atoms with van der Waals surface area (Å²) in [5.74, 6) is -0.263. The first-order chi connectivity index (χ1) is 16.2. The Kier molecular flexibility index (Phi) is 7.22. The van der Waals surface area contributed by atoms with E-state index >= 15 is 0 Å². The van der Waals surface area contributed by atoms with Crippen molar-refractivity contribution in [2.45, 2.75) is 83.9 Å². The van der Waals surface area contributed by atoms with Crippen LogP contribution in [0.1, 0.15) is 77.8 Å². The number of benzene rings is 1. The lowest BCUT2D eigenvalue weighted by atomic mass is 9.93. The highest BCUT2D eigenvalue weighted by Gasteiger charge is 2.42. The van der Waals surface area contributed by atoms with Crippen molar-refractivity contribution in [2.24, 2.45) is 4.99 Å². The molecule has 0 bridgehead atoms. The van der Waals surface area contributed by atoms with Gasteiger partial charge in [-0.25, -0.2) is 9.79 Å². The molecule has 1 aliphatic carbocycles. The van der Waals surface area contributed by atoms with Gasteiger partial charge < -0.3 is 14.5 Å². The van der Waals surface area contributed by atoms with Gasteiger partial charge in [0.1, 0.15) is 5.60 Å². The van der Waals surface area contributed by atoms with Gasteiger partial charge in [-0.2, -0.15) is 0 Å². The molecule has 2 aliphatic heterocycles. The van der Waals surface area contributed by atoms with Crippen LogP contribution in [0.3, 0.4) is 0 Å². The van der Waals surface area contributed by atoms with Gasteiger partial charge in [0.25, 0.3) is 0 Å². The number of ether oxygens (including phenoxy) is 1. The van der Waals surface area contributed by atoms with Gasteiger partial charge in [-0.3, -0.25) is 4.79 Å². The number of esters is 1. The summed E-state index contributed by atoms with van der Waals surface area (Å²) < 4.78 is 5.79. The van der Waals surface area contributed by atoms with Crippen LogP contribution in [-0.2, 0) is 14.3 Å². The lowest BCUT2D eigenvalue weighted by Gasteiger charge is -2.38. The number of aliphatic imine (C=N–C) groups is 1. The van der Waals surface area contributed by atoms with Gasteiger partial charge in [0, 0.05) is 18.8 Å². The number of hydrogen-bond acceptors (Lipinski definition) is 6. The fourth-order valence-electron chi connectivity index (χ4n) is 4.87. The van der Waals surface area contributed by atoms with Gasteiger partial charge in [-0.1, -0.05) is 61.4 Å². The number of rotatable bonds is 5. The number of amidine groups is 1. The number of fused-ring (bicyclic) bond motifs is 1. The Morgan fingerprint density at radius 3 is 2.47 bits per heavy atom. The Morgan fingerprint density at radius 1 is 1.15 bits per heavy atom. The molecule has 6 nitrogen and oxygen atoms in total. The van der Waals surface area contributed by atoms with E-state index in [1.165, 1.54) is 31.0 Å². The highest BCUT2D eigenvalue weighted by Crippen LogP contribution is 2.45. The molecule has 3 aliphatic rings. The highest BCUT2D eigenvalue weighted by molar-refractivity contribution is 8.16. The van der Waals surface area contributed by atoms with Crippen molar-refractivity contribution in [1.29, 1.82) is 0 Å². The Hall–Kier alpha value is -2.54. The second kappa shape index (κ2) is 9.98. The second-order valence-corrected chi connectivity index (χ2v) is 11.1. The van der Waals surface area contributed by atoms with Crippen LogP contribution in [0.15, 0.2) is 57.7 Å². The van der Waals surface area contributed by atoms with Crippen molar-refractivity contribution in [3.63, 3.8) is 0 Å². The van der Waals surface area contributed by atoms with Crippen LogP contribution in [-0.4, -0.2) is 45.5 Å². The zero-order chi connectivity index (χ0) is 24.5. The van der Waals surface area contributed by atoms with Crippen LogP contribution in [0, 0.1) is 0 Å². The van der Waals surface area contributed by atoms with Gasteiger partial charge in [-0.05, 0) is 51.5 Å². The molecule has 4 rings (SSSR count). The average molecular weight is 482 g/mol. The first kappa shape index (κ1) is 24.6. The summed E-state index contributed by atoms with van der Waals surface area (Å²) in [6.45, 7) is 7.46. The average Bonchev–Trinajstić information content (AvgIpc) is 3.19. The number of thioether (sulfide) groups is 1. The molecule has 2 heterocycles. The van der Waals surface area contributed by atoms with Crippen molar-refractivity contribution in [3.05, 3.63) is 58.3 Å². The maximum absolute atomic E-state index is 13.4. The van der Waals surface area contributed by atoms with Gasteiger partial charge >= 0.3 is 5.97 Å². The summed E-state index contributed by atoms with van der Waals surface area (Å²) >= 11 is 1.51. The minimum absolute atomic E-state index is 0.108. The van der Waals surface area contributed by atoms with Gasteiger partial charge in [0.15, 0.2) is 5.17 Å². The summed E-state index contributed by atoms with van der Waals surface area (Å²) in [6, 6.07) is 9.86. The molecule has 1 aromatic rings. The van der Waals surface area contributed by atoms with E-state index in [1.54, 1.807) is 0 Å². The molecule has 0 saturated heterocycles. The molecule has 1 fully saturated rings. The third-order valence-corrected chi connectivity index (χ3v) is 7.47. The quantitative estimate of drug-likeness (QED) is 0.499. The molecule has 1 atom stereocenters. The predicted molar refractivity (Wildman–Crippen MR) is 137 cm³/mol. The van der Waals surface area contributed by atoms with Crippen LogP contribution >= 0.6 is 11.8 Å². The number of hydrogen-bond donors (Lipinski definition) is 0. The minimum Gasteiger partial charge on any atom is -0.456 e. The van der Waals surface area contributed by atoms with E-state index in [1.807, 2.05) is 75.4 Å². The van der Waals surface area contributed by atoms with Crippen molar-refractivity contribution in [2.75, 3.05) is 7.05 Å². The number of amides is 1. The zero-order valence-corrected chi connectivity index (χ0v) is 21.7. The number of allylic oxidation sites excluding steroid dienone is 1. The molecule has 1 saturated carbocycles. The van der Waals surface area contributed by atoms with Crippen LogP contribution in [0.4, 0.5) is 0 Å². The maximum Gasteiger partial charge on any atom is 0.338 e. The summed E-state index contributed by atoms with van der Waals surface area (Å²) in [4.78, 5) is 35.4. The number of nitrogens with zero attached hydrogens (tertiary/aromatic N) is 3. The van der Waals surface area contributed by atoms with Gasteiger partial charge in [0.05, 0.1) is 23.7 Å². The molecule has 7 heteroatoms. The lowest BCUT2D eigenvalue weighted by Crippen LogP contribution is -2.41. The van der Waals surface area contributed by atoms with E-state index in [0.29, 0.717) is 17.3 Å². The Labute approximate surface area is 207 Å². The SMILES string of the molecule is CC1=C(C(=O)OC(C)(C)C)C(c2ccccc2)N2C(CC(=O)N(C)C3CCCCC3)=CSC2=N1. The molecule has 34 heavy (non-hydrogen) atoms. The first-order valence-corrected chi connectivity index (χ1v) is 13.0. The van der Waals surface area contributed by atoms with Crippen LogP contribution in [0.2, 0.25) is 0 Å². The number of carbonyl (C=O) groups is 2. The highest BCUT2D eigenvalue weighted by atomic mass is 32.2. The largest absolute Gasteiger partial charge is 0.456 e. The summed E-state index contributed by atoms with van der Waals surface area (Å²) in [5.41, 5.74) is 2.40. The Morgan fingerprint density at radius 2 is 1.82 bits per heavy atom. The maximum atomic E-state index is 13.4. The summed E-state index contributed by atoms with van der Waals surface area (Å²) in [6.07, 6.45) is 6.05. The van der Waals surface area contributed by atoms with Crippen molar-refractivity contribution in [1.82, 2.24) is 9.80 Å². The standard InChI is InChI=1S/C27H35N3O3S/c1-18-23(25(32)33-27(2,3)4)24(19-12-8-6-9-13-19)30-21(17-34-26(30)28-18)16-22(31)29(5)20-14-10-7-11-15-20/h6,8-9,12-13,17,20,24H,7,10-11,14-16H2,1-5H3.